The van der Waals surface area contributed by atoms with Gasteiger partial charge in [-0.05, 0) is 28.8 Å². The van der Waals surface area contributed by atoms with Crippen LogP contribution in [0.1, 0.15) is 18.6 Å². The van der Waals surface area contributed by atoms with Crippen LogP contribution in [0, 0.1) is 0 Å². The minimum atomic E-state index is -3.84. The Hall–Kier alpha value is -0.420. The molecule has 0 amide bonds. The van der Waals surface area contributed by atoms with E-state index in [1.807, 2.05) is 0 Å². The van der Waals surface area contributed by atoms with Gasteiger partial charge in [-0.15, -0.1) is 0 Å². The Morgan fingerprint density at radius 1 is 1.50 bits per heavy atom. The number of halogens is 1. The Morgan fingerprint density at radius 2 is 2.20 bits per heavy atom. The second-order valence-electron chi connectivity index (χ2n) is 4.63. The number of hydrogen-bond donors (Lipinski definition) is 2. The Bertz CT molecular complexity index is 695. The van der Waals surface area contributed by atoms with E-state index >= 15 is 0 Å². The molecule has 1 aliphatic heterocycles. The van der Waals surface area contributed by atoms with Crippen molar-refractivity contribution in [3.8, 4) is 0 Å². The van der Waals surface area contributed by atoms with Crippen molar-refractivity contribution in [2.45, 2.75) is 30.3 Å². The summed E-state index contributed by atoms with van der Waals surface area (Å²) in [5.74, 6) is 0.261. The van der Waals surface area contributed by atoms with Gasteiger partial charge in [0.15, 0.2) is 14.5 Å². The highest BCUT2D eigenvalue weighted by atomic mass is 79.9. The zero-order valence-corrected chi connectivity index (χ0v) is 13.7. The zero-order chi connectivity index (χ0) is 15.0. The van der Waals surface area contributed by atoms with Gasteiger partial charge in [-0.25, -0.2) is 21.6 Å². The van der Waals surface area contributed by atoms with E-state index in [-0.39, 0.29) is 27.6 Å². The van der Waals surface area contributed by atoms with Crippen LogP contribution >= 0.6 is 15.9 Å². The molecule has 3 N–H and O–H groups in total. The number of rotatable bonds is 4. The van der Waals surface area contributed by atoms with E-state index in [0.717, 1.165) is 0 Å². The van der Waals surface area contributed by atoms with Gasteiger partial charge in [0.1, 0.15) is 10.7 Å². The van der Waals surface area contributed by atoms with Gasteiger partial charge in [-0.3, -0.25) is 0 Å². The third kappa shape index (κ3) is 3.61. The average Bonchev–Trinajstić information content (AvgIpc) is 2.69. The normalized spacial score (nSPS) is 22.8. The molecule has 1 atom stereocenters. The van der Waals surface area contributed by atoms with Gasteiger partial charge in [0, 0.05) is 12.1 Å². The highest BCUT2D eigenvalue weighted by Crippen LogP contribution is 2.26. The largest absolute Gasteiger partial charge is 0.452 e. The van der Waals surface area contributed by atoms with Crippen LogP contribution in [-0.2, 0) is 26.4 Å². The van der Waals surface area contributed by atoms with E-state index in [0.29, 0.717) is 18.6 Å². The van der Waals surface area contributed by atoms with Gasteiger partial charge in [-0.1, -0.05) is 0 Å². The Labute approximate surface area is 126 Å². The van der Waals surface area contributed by atoms with Crippen LogP contribution in [0.25, 0.3) is 0 Å². The zero-order valence-electron chi connectivity index (χ0n) is 10.5. The van der Waals surface area contributed by atoms with Crippen LogP contribution in [0.2, 0.25) is 0 Å². The van der Waals surface area contributed by atoms with Gasteiger partial charge < -0.3 is 10.2 Å². The van der Waals surface area contributed by atoms with E-state index < -0.39 is 25.9 Å². The molecule has 1 aromatic heterocycles. The smallest absolute Gasteiger partial charge is 0.245 e. The van der Waals surface area contributed by atoms with Crippen LogP contribution < -0.4 is 10.5 Å². The van der Waals surface area contributed by atoms with Crippen molar-refractivity contribution < 1.29 is 21.3 Å². The summed E-state index contributed by atoms with van der Waals surface area (Å²) < 4.78 is 55.1. The van der Waals surface area contributed by atoms with Crippen molar-refractivity contribution in [2.24, 2.45) is 5.73 Å². The van der Waals surface area contributed by atoms with E-state index in [4.69, 9.17) is 10.2 Å². The molecule has 1 unspecified atom stereocenters. The van der Waals surface area contributed by atoms with Crippen LogP contribution in [0.4, 0.5) is 0 Å². The van der Waals surface area contributed by atoms with Gasteiger partial charge in [0.2, 0.25) is 10.0 Å². The summed E-state index contributed by atoms with van der Waals surface area (Å²) in [6.07, 6.45) is 0.952. The molecular weight excluding hydrogens is 372 g/mol. The van der Waals surface area contributed by atoms with Crippen LogP contribution in [-0.4, -0.2) is 34.4 Å². The van der Waals surface area contributed by atoms with Crippen molar-refractivity contribution in [3.63, 3.8) is 0 Å². The summed E-state index contributed by atoms with van der Waals surface area (Å²) in [6.45, 7) is 0.0753. The number of furan rings is 1. The lowest BCUT2D eigenvalue weighted by atomic mass is 10.2. The lowest BCUT2D eigenvalue weighted by Gasteiger charge is -2.22. The molecular formula is C10H15BrN2O5S2. The first-order valence-electron chi connectivity index (χ1n) is 5.94. The highest BCUT2D eigenvalue weighted by Gasteiger charge is 2.30. The van der Waals surface area contributed by atoms with Gasteiger partial charge in [-0.2, -0.15) is 0 Å². The number of hydrogen-bond acceptors (Lipinski definition) is 6. The minimum absolute atomic E-state index is 0.0594. The van der Waals surface area contributed by atoms with Crippen LogP contribution in [0.15, 0.2) is 20.0 Å². The Balaban J connectivity index is 2.20. The molecule has 0 aromatic carbocycles. The molecule has 1 aromatic rings. The van der Waals surface area contributed by atoms with E-state index in [9.17, 15) is 16.8 Å². The summed E-state index contributed by atoms with van der Waals surface area (Å²) in [4.78, 5) is -0.0686. The van der Waals surface area contributed by atoms with Crippen molar-refractivity contribution in [2.75, 3.05) is 11.5 Å². The highest BCUT2D eigenvalue weighted by molar-refractivity contribution is 9.10. The molecule has 114 valence electrons. The lowest BCUT2D eigenvalue weighted by Crippen LogP contribution is -2.43. The van der Waals surface area contributed by atoms with Gasteiger partial charge in [0.25, 0.3) is 0 Å². The van der Waals surface area contributed by atoms with Gasteiger partial charge >= 0.3 is 0 Å². The first-order valence-corrected chi connectivity index (χ1v) is 10.0. The number of nitrogens with two attached hydrogens (primary N) is 1. The maximum atomic E-state index is 12.2. The number of sulfone groups is 1. The Morgan fingerprint density at radius 3 is 2.75 bits per heavy atom. The SMILES string of the molecule is NCc1cc(S(=O)(=O)NC2CCCS(=O)(=O)C2)c(Br)o1. The maximum absolute atomic E-state index is 12.2. The molecule has 2 heterocycles. The molecule has 0 aliphatic carbocycles. The molecule has 1 saturated heterocycles. The summed E-state index contributed by atoms with van der Waals surface area (Å²) in [5, 5.41) is 0. The standard InChI is InChI=1S/C10H15BrN2O5S2/c11-10-9(4-8(5-12)18-10)20(16,17)13-7-2-1-3-19(14,15)6-7/h4,7,13H,1-3,5-6,12H2. The fraction of sp³-hybridized carbons (Fsp3) is 0.600. The van der Waals surface area contributed by atoms with Crippen molar-refractivity contribution in [3.05, 3.63) is 16.5 Å². The molecule has 0 bridgehead atoms. The fourth-order valence-electron chi connectivity index (χ4n) is 2.08. The second-order valence-corrected chi connectivity index (χ2v) is 9.26. The third-order valence-electron chi connectivity index (χ3n) is 2.98. The molecule has 1 fully saturated rings. The topological polar surface area (TPSA) is 119 Å². The van der Waals surface area contributed by atoms with Crippen LogP contribution in [0.3, 0.4) is 0 Å². The molecule has 10 heteroatoms. The molecule has 0 radical (unpaired) electrons. The fourth-order valence-corrected chi connectivity index (χ4v) is 6.09. The summed E-state index contributed by atoms with van der Waals surface area (Å²) >= 11 is 3.02. The predicted molar refractivity (Wildman–Crippen MR) is 76.3 cm³/mol. The van der Waals surface area contributed by atoms with E-state index in [1.54, 1.807) is 0 Å². The van der Waals surface area contributed by atoms with Crippen LogP contribution in [0.5, 0.6) is 0 Å². The second kappa shape index (κ2) is 5.76. The predicted octanol–water partition coefficient (Wildman–Crippen LogP) is 0.356. The molecule has 0 saturated carbocycles. The molecule has 2 rings (SSSR count). The van der Waals surface area contributed by atoms with Crippen molar-refractivity contribution in [1.82, 2.24) is 4.72 Å². The van der Waals surface area contributed by atoms with E-state index in [1.165, 1.54) is 6.07 Å². The van der Waals surface area contributed by atoms with Crippen molar-refractivity contribution >= 4 is 35.8 Å². The lowest BCUT2D eigenvalue weighted by molar-refractivity contribution is 0.482. The first kappa shape index (κ1) is 16.0. The van der Waals surface area contributed by atoms with Crippen molar-refractivity contribution in [1.29, 1.82) is 0 Å². The van der Waals surface area contributed by atoms with Gasteiger partial charge in [0.05, 0.1) is 18.1 Å². The first-order chi connectivity index (χ1) is 9.23. The Kier molecular flexibility index (Phi) is 4.59. The summed E-state index contributed by atoms with van der Waals surface area (Å²) in [5.41, 5.74) is 5.39. The summed E-state index contributed by atoms with van der Waals surface area (Å²) in [7, 11) is -7.02. The maximum Gasteiger partial charge on any atom is 0.245 e. The average molecular weight is 387 g/mol. The number of sulfonamides is 1. The molecule has 20 heavy (non-hydrogen) atoms. The third-order valence-corrected chi connectivity index (χ3v) is 7.18. The minimum Gasteiger partial charge on any atom is -0.452 e. The molecule has 1 aliphatic rings. The molecule has 0 spiro atoms. The molecule has 7 nitrogen and oxygen atoms in total. The number of nitrogens with one attached hydrogen (secondary N) is 1. The summed E-state index contributed by atoms with van der Waals surface area (Å²) in [6, 6.07) is 0.714. The quantitative estimate of drug-likeness (QED) is 0.770. The monoisotopic (exact) mass is 386 g/mol. The van der Waals surface area contributed by atoms with E-state index in [2.05, 4.69) is 20.7 Å².